The number of nitro benzene ring substituents is 1. The summed E-state index contributed by atoms with van der Waals surface area (Å²) in [6, 6.07) is 7.50. The molecule has 7 heteroatoms. The summed E-state index contributed by atoms with van der Waals surface area (Å²) in [5, 5.41) is 22.5. The summed E-state index contributed by atoms with van der Waals surface area (Å²) in [5.74, 6) is -0.722. The molecule has 0 heterocycles. The number of carbonyl (C=O) groups is 1. The second kappa shape index (κ2) is 8.79. The lowest BCUT2D eigenvalue weighted by Gasteiger charge is -2.16. The first-order chi connectivity index (χ1) is 11.0. The minimum Gasteiger partial charge on any atom is -0.369 e. The summed E-state index contributed by atoms with van der Waals surface area (Å²) in [7, 11) is 0. The van der Waals surface area contributed by atoms with Gasteiger partial charge in [0, 0.05) is 25.4 Å². The Morgan fingerprint density at radius 2 is 1.96 bits per heavy atom. The van der Waals surface area contributed by atoms with Crippen LogP contribution < -0.4 is 5.32 Å². The van der Waals surface area contributed by atoms with Crippen LogP contribution in [0.1, 0.15) is 0 Å². The van der Waals surface area contributed by atoms with Crippen LogP contribution in [-0.4, -0.2) is 28.8 Å². The number of hydrogen-bond acceptors (Lipinski definition) is 5. The fourth-order valence-electron chi connectivity index (χ4n) is 1.76. The average molecular weight is 312 g/mol. The molecule has 0 saturated carbocycles. The highest BCUT2D eigenvalue weighted by molar-refractivity contribution is 6.07. The second-order valence-corrected chi connectivity index (χ2v) is 4.41. The Balaban J connectivity index is 3.02. The van der Waals surface area contributed by atoms with Crippen LogP contribution in [0.5, 0.6) is 0 Å². The Morgan fingerprint density at radius 1 is 1.35 bits per heavy atom. The van der Waals surface area contributed by atoms with Gasteiger partial charge in [-0.1, -0.05) is 24.3 Å². The zero-order valence-electron chi connectivity index (χ0n) is 12.4. The summed E-state index contributed by atoms with van der Waals surface area (Å²) < 4.78 is 0. The molecule has 0 spiro atoms. The van der Waals surface area contributed by atoms with Crippen LogP contribution in [0.15, 0.2) is 61.3 Å². The van der Waals surface area contributed by atoms with Crippen molar-refractivity contribution in [1.82, 2.24) is 4.90 Å². The van der Waals surface area contributed by atoms with Gasteiger partial charge in [-0.25, -0.2) is 0 Å². The van der Waals surface area contributed by atoms with E-state index in [1.165, 1.54) is 24.4 Å². The van der Waals surface area contributed by atoms with E-state index in [0.29, 0.717) is 13.1 Å². The molecule has 1 N–H and O–H groups in total. The van der Waals surface area contributed by atoms with Gasteiger partial charge in [0.25, 0.3) is 11.6 Å². The van der Waals surface area contributed by atoms with Crippen molar-refractivity contribution in [3.8, 4) is 6.07 Å². The van der Waals surface area contributed by atoms with E-state index in [4.69, 9.17) is 5.26 Å². The summed E-state index contributed by atoms with van der Waals surface area (Å²) in [6.45, 7) is 8.04. The molecule has 1 rings (SSSR count). The Morgan fingerprint density at radius 3 is 2.48 bits per heavy atom. The average Bonchev–Trinajstić information content (AvgIpc) is 2.53. The van der Waals surface area contributed by atoms with Crippen molar-refractivity contribution >= 4 is 17.3 Å². The van der Waals surface area contributed by atoms with E-state index in [1.54, 1.807) is 29.2 Å². The number of nitrogens with one attached hydrogen (secondary N) is 1. The van der Waals surface area contributed by atoms with Gasteiger partial charge in [-0.15, -0.1) is 13.2 Å². The van der Waals surface area contributed by atoms with Crippen LogP contribution in [0, 0.1) is 21.4 Å². The van der Waals surface area contributed by atoms with Gasteiger partial charge in [-0.3, -0.25) is 14.9 Å². The molecule has 7 nitrogen and oxygen atoms in total. The topological polar surface area (TPSA) is 99.3 Å². The predicted octanol–water partition coefficient (Wildman–Crippen LogP) is 2.61. The maximum absolute atomic E-state index is 12.2. The first-order valence-electron chi connectivity index (χ1n) is 6.66. The molecule has 1 amide bonds. The summed E-state index contributed by atoms with van der Waals surface area (Å²) in [5.41, 5.74) is -0.387. The van der Waals surface area contributed by atoms with Crippen LogP contribution in [0.2, 0.25) is 0 Å². The standard InChI is InChI=1S/C16H16N4O3/c1-3-9-19(10-4-2)12-13(11-17)16(21)18-14-7-5-6-8-15(14)20(22)23/h3-8,12H,1-2,9-10H2,(H,18,21)/b13-12-. The van der Waals surface area contributed by atoms with E-state index in [2.05, 4.69) is 18.5 Å². The minimum absolute atomic E-state index is 0.0302. The highest BCUT2D eigenvalue weighted by Gasteiger charge is 2.17. The molecule has 0 aliphatic carbocycles. The van der Waals surface area contributed by atoms with Crippen LogP contribution >= 0.6 is 0 Å². The van der Waals surface area contributed by atoms with Crippen molar-refractivity contribution in [1.29, 1.82) is 5.26 Å². The molecule has 0 aromatic heterocycles. The van der Waals surface area contributed by atoms with Crippen molar-refractivity contribution in [2.45, 2.75) is 0 Å². The fourth-order valence-corrected chi connectivity index (χ4v) is 1.76. The lowest BCUT2D eigenvalue weighted by molar-refractivity contribution is -0.383. The maximum Gasteiger partial charge on any atom is 0.292 e. The normalized spacial score (nSPS) is 10.3. The largest absolute Gasteiger partial charge is 0.369 e. The summed E-state index contributed by atoms with van der Waals surface area (Å²) in [6.07, 6.45) is 4.61. The van der Waals surface area contributed by atoms with Gasteiger partial charge in [-0.05, 0) is 6.07 Å². The van der Waals surface area contributed by atoms with Gasteiger partial charge in [-0.2, -0.15) is 5.26 Å². The van der Waals surface area contributed by atoms with Crippen LogP contribution in [0.25, 0.3) is 0 Å². The molecule has 0 aliphatic rings. The van der Waals surface area contributed by atoms with E-state index >= 15 is 0 Å². The number of nitriles is 1. The van der Waals surface area contributed by atoms with Crippen molar-refractivity contribution in [3.05, 3.63) is 71.5 Å². The quantitative estimate of drug-likeness (QED) is 0.261. The lowest BCUT2D eigenvalue weighted by Crippen LogP contribution is -2.21. The molecule has 118 valence electrons. The van der Waals surface area contributed by atoms with Crippen LogP contribution in [0.4, 0.5) is 11.4 Å². The van der Waals surface area contributed by atoms with Gasteiger partial charge in [0.15, 0.2) is 0 Å². The zero-order chi connectivity index (χ0) is 17.2. The van der Waals surface area contributed by atoms with Gasteiger partial charge in [0.2, 0.25) is 0 Å². The fraction of sp³-hybridized carbons (Fsp3) is 0.125. The molecule has 0 unspecified atom stereocenters. The van der Waals surface area contributed by atoms with E-state index in [1.807, 2.05) is 0 Å². The maximum atomic E-state index is 12.2. The highest BCUT2D eigenvalue weighted by atomic mass is 16.6. The number of amides is 1. The number of anilines is 1. The number of rotatable bonds is 8. The Hall–Kier alpha value is -3.40. The van der Waals surface area contributed by atoms with E-state index in [9.17, 15) is 14.9 Å². The number of hydrogen-bond donors (Lipinski definition) is 1. The SMILES string of the molecule is C=CCN(/C=C(/C#N)C(=O)Nc1ccccc1[N+](=O)[O-])CC=C. The number of nitrogens with zero attached hydrogens (tertiary/aromatic N) is 3. The Kier molecular flexibility index (Phi) is 6.75. The third-order valence-corrected chi connectivity index (χ3v) is 2.75. The molecule has 1 aromatic carbocycles. The van der Waals surface area contributed by atoms with Crippen molar-refractivity contribution in [2.24, 2.45) is 0 Å². The number of benzene rings is 1. The molecule has 23 heavy (non-hydrogen) atoms. The Bertz CT molecular complexity index is 679. The van der Waals surface area contributed by atoms with Crippen molar-refractivity contribution < 1.29 is 9.72 Å². The molecule has 0 fully saturated rings. The smallest absolute Gasteiger partial charge is 0.292 e. The Labute approximate surface area is 134 Å². The molecule has 1 aromatic rings. The van der Waals surface area contributed by atoms with E-state index in [0.717, 1.165) is 0 Å². The number of nitro groups is 1. The van der Waals surface area contributed by atoms with E-state index < -0.39 is 10.8 Å². The number of para-hydroxylation sites is 2. The monoisotopic (exact) mass is 312 g/mol. The molecule has 0 aliphatic heterocycles. The summed E-state index contributed by atoms with van der Waals surface area (Å²) in [4.78, 5) is 24.2. The molecule has 0 saturated heterocycles. The third-order valence-electron chi connectivity index (χ3n) is 2.75. The summed E-state index contributed by atoms with van der Waals surface area (Å²) >= 11 is 0. The van der Waals surface area contributed by atoms with Crippen molar-refractivity contribution in [2.75, 3.05) is 18.4 Å². The van der Waals surface area contributed by atoms with Gasteiger partial charge >= 0.3 is 0 Å². The number of carbonyl (C=O) groups excluding carboxylic acids is 1. The zero-order valence-corrected chi connectivity index (χ0v) is 12.4. The van der Waals surface area contributed by atoms with Crippen molar-refractivity contribution in [3.63, 3.8) is 0 Å². The lowest BCUT2D eigenvalue weighted by atomic mass is 10.2. The molecule has 0 atom stereocenters. The highest BCUT2D eigenvalue weighted by Crippen LogP contribution is 2.23. The first kappa shape index (κ1) is 17.7. The van der Waals surface area contributed by atoms with Gasteiger partial charge < -0.3 is 10.2 Å². The minimum atomic E-state index is -0.722. The molecule has 0 radical (unpaired) electrons. The van der Waals surface area contributed by atoms with Crippen LogP contribution in [-0.2, 0) is 4.79 Å². The predicted molar refractivity (Wildman–Crippen MR) is 87.4 cm³/mol. The van der Waals surface area contributed by atoms with E-state index in [-0.39, 0.29) is 16.9 Å². The van der Waals surface area contributed by atoms with Gasteiger partial charge in [0.1, 0.15) is 17.3 Å². The second-order valence-electron chi connectivity index (χ2n) is 4.41. The molecule has 0 bridgehead atoms. The molecular formula is C16H16N4O3. The van der Waals surface area contributed by atoms with Crippen LogP contribution in [0.3, 0.4) is 0 Å². The van der Waals surface area contributed by atoms with Gasteiger partial charge in [0.05, 0.1) is 4.92 Å². The third kappa shape index (κ3) is 5.13. The molecular weight excluding hydrogens is 296 g/mol. The first-order valence-corrected chi connectivity index (χ1v) is 6.66.